The van der Waals surface area contributed by atoms with Crippen molar-refractivity contribution in [3.05, 3.63) is 66.0 Å². The first kappa shape index (κ1) is 23.2. The molecule has 1 aliphatic heterocycles. The van der Waals surface area contributed by atoms with Gasteiger partial charge in [0.25, 0.3) is 0 Å². The summed E-state index contributed by atoms with van der Waals surface area (Å²) in [5.74, 6) is 2.41. The predicted octanol–water partition coefficient (Wildman–Crippen LogP) is 4.16. The summed E-state index contributed by atoms with van der Waals surface area (Å²) in [4.78, 5) is 11.8. The van der Waals surface area contributed by atoms with Crippen LogP contribution >= 0.6 is 0 Å². The SMILES string of the molecule is COc1ccc(Cc2nccc(CCCCn3cccn3)n2)cc1OCCCN1CCCC1. The zero-order valence-electron chi connectivity index (χ0n) is 19.7. The molecule has 3 heterocycles. The minimum atomic E-state index is 0.676. The standard InChI is InChI=1S/C26H35N5O2/c1-32-24-10-9-22(20-25(24)33-19-7-16-30-14-4-5-15-30)21-26-27-13-11-23(29-26)8-2-3-17-31-18-6-12-28-31/h6,9-13,18,20H,2-5,7-8,14-17,19,21H2,1H3. The second kappa shape index (κ2) is 12.3. The first-order chi connectivity index (χ1) is 16.3. The van der Waals surface area contributed by atoms with Gasteiger partial charge in [-0.1, -0.05) is 6.07 Å². The van der Waals surface area contributed by atoms with E-state index >= 15 is 0 Å². The van der Waals surface area contributed by atoms with Gasteiger partial charge in [-0.05, 0) is 81.4 Å². The van der Waals surface area contributed by atoms with E-state index in [9.17, 15) is 0 Å². The number of ether oxygens (including phenoxy) is 2. The Morgan fingerprint density at radius 3 is 2.70 bits per heavy atom. The Morgan fingerprint density at radius 2 is 1.88 bits per heavy atom. The fourth-order valence-electron chi connectivity index (χ4n) is 4.28. The lowest BCUT2D eigenvalue weighted by molar-refractivity contribution is 0.254. The highest BCUT2D eigenvalue weighted by Crippen LogP contribution is 2.29. The van der Waals surface area contributed by atoms with Crippen molar-refractivity contribution in [3.8, 4) is 11.5 Å². The molecule has 0 atom stereocenters. The molecule has 0 aliphatic carbocycles. The molecule has 176 valence electrons. The van der Waals surface area contributed by atoms with Crippen molar-refractivity contribution in [1.29, 1.82) is 0 Å². The monoisotopic (exact) mass is 449 g/mol. The number of aryl methyl sites for hydroxylation is 2. The molecular weight excluding hydrogens is 414 g/mol. The average Bonchev–Trinajstić information content (AvgIpc) is 3.55. The summed E-state index contributed by atoms with van der Waals surface area (Å²) in [7, 11) is 1.69. The van der Waals surface area contributed by atoms with Gasteiger partial charge in [0.2, 0.25) is 0 Å². The highest BCUT2D eigenvalue weighted by molar-refractivity contribution is 5.43. The minimum absolute atomic E-state index is 0.676. The second-order valence-electron chi connectivity index (χ2n) is 8.60. The Hall–Kier alpha value is -2.93. The van der Waals surface area contributed by atoms with Gasteiger partial charge < -0.3 is 14.4 Å². The van der Waals surface area contributed by atoms with Gasteiger partial charge in [-0.25, -0.2) is 9.97 Å². The van der Waals surface area contributed by atoms with Crippen molar-refractivity contribution in [2.24, 2.45) is 0 Å². The van der Waals surface area contributed by atoms with Crippen molar-refractivity contribution >= 4 is 0 Å². The van der Waals surface area contributed by atoms with Gasteiger partial charge in [0.05, 0.1) is 13.7 Å². The van der Waals surface area contributed by atoms with Crippen LogP contribution in [0.2, 0.25) is 0 Å². The molecule has 33 heavy (non-hydrogen) atoms. The summed E-state index contributed by atoms with van der Waals surface area (Å²) in [5.41, 5.74) is 2.22. The van der Waals surface area contributed by atoms with E-state index < -0.39 is 0 Å². The molecule has 0 unspecified atom stereocenters. The molecule has 1 aliphatic rings. The van der Waals surface area contributed by atoms with E-state index in [4.69, 9.17) is 14.5 Å². The van der Waals surface area contributed by atoms with E-state index in [1.807, 2.05) is 41.5 Å². The van der Waals surface area contributed by atoms with Crippen LogP contribution in [0.1, 0.15) is 49.2 Å². The molecule has 3 aromatic rings. The number of methoxy groups -OCH3 is 1. The largest absolute Gasteiger partial charge is 0.493 e. The normalized spacial score (nSPS) is 14.0. The molecule has 0 saturated carbocycles. The summed E-state index contributed by atoms with van der Waals surface area (Å²) in [5, 5.41) is 4.25. The predicted molar refractivity (Wildman–Crippen MR) is 129 cm³/mol. The number of unbranched alkanes of at least 4 members (excludes halogenated alkanes) is 1. The lowest BCUT2D eigenvalue weighted by Crippen LogP contribution is -2.21. The van der Waals surface area contributed by atoms with Gasteiger partial charge in [-0.15, -0.1) is 0 Å². The van der Waals surface area contributed by atoms with E-state index in [0.717, 1.165) is 67.4 Å². The van der Waals surface area contributed by atoms with E-state index in [1.165, 1.54) is 25.9 Å². The van der Waals surface area contributed by atoms with Gasteiger partial charge in [-0.3, -0.25) is 4.68 Å². The molecule has 0 N–H and O–H groups in total. The summed E-state index contributed by atoms with van der Waals surface area (Å²) >= 11 is 0. The van der Waals surface area contributed by atoms with Crippen LogP contribution in [-0.2, 0) is 19.4 Å². The lowest BCUT2D eigenvalue weighted by Gasteiger charge is -2.16. The van der Waals surface area contributed by atoms with Gasteiger partial charge >= 0.3 is 0 Å². The fraction of sp³-hybridized carbons (Fsp3) is 0.500. The Kier molecular flexibility index (Phi) is 8.69. The van der Waals surface area contributed by atoms with Crippen LogP contribution in [0.3, 0.4) is 0 Å². The minimum Gasteiger partial charge on any atom is -0.493 e. The number of aromatic nitrogens is 4. The number of nitrogens with zero attached hydrogens (tertiary/aromatic N) is 5. The van der Waals surface area contributed by atoms with Crippen LogP contribution in [0.25, 0.3) is 0 Å². The lowest BCUT2D eigenvalue weighted by atomic mass is 10.1. The highest BCUT2D eigenvalue weighted by Gasteiger charge is 2.12. The molecular formula is C26H35N5O2. The fourth-order valence-corrected chi connectivity index (χ4v) is 4.28. The highest BCUT2D eigenvalue weighted by atomic mass is 16.5. The number of hydrogen-bond donors (Lipinski definition) is 0. The molecule has 0 amide bonds. The van der Waals surface area contributed by atoms with E-state index in [2.05, 4.69) is 27.1 Å². The van der Waals surface area contributed by atoms with Crippen LogP contribution in [0.5, 0.6) is 11.5 Å². The maximum Gasteiger partial charge on any atom is 0.161 e. The molecule has 7 nitrogen and oxygen atoms in total. The molecule has 1 aromatic carbocycles. The third-order valence-electron chi connectivity index (χ3n) is 6.06. The van der Waals surface area contributed by atoms with Crippen LogP contribution in [-0.4, -0.2) is 58.0 Å². The average molecular weight is 450 g/mol. The van der Waals surface area contributed by atoms with E-state index in [0.29, 0.717) is 13.0 Å². The van der Waals surface area contributed by atoms with Crippen LogP contribution in [0, 0.1) is 0 Å². The molecule has 7 heteroatoms. The number of likely N-dealkylation sites (tertiary alicyclic amines) is 1. The van der Waals surface area contributed by atoms with Gasteiger partial charge in [-0.2, -0.15) is 5.10 Å². The summed E-state index contributed by atoms with van der Waals surface area (Å²) in [6.45, 7) is 5.19. The maximum atomic E-state index is 6.09. The smallest absolute Gasteiger partial charge is 0.161 e. The first-order valence-corrected chi connectivity index (χ1v) is 12.1. The number of benzene rings is 1. The molecule has 4 rings (SSSR count). The molecule has 0 radical (unpaired) electrons. The number of rotatable bonds is 13. The summed E-state index contributed by atoms with van der Waals surface area (Å²) in [6.07, 6.45) is 13.1. The van der Waals surface area contributed by atoms with E-state index in [-0.39, 0.29) is 0 Å². The quantitative estimate of drug-likeness (QED) is 0.365. The van der Waals surface area contributed by atoms with Crippen molar-refractivity contribution in [2.45, 2.75) is 51.5 Å². The molecule has 1 saturated heterocycles. The zero-order valence-corrected chi connectivity index (χ0v) is 19.7. The van der Waals surface area contributed by atoms with Crippen molar-refractivity contribution in [2.75, 3.05) is 33.4 Å². The maximum absolute atomic E-state index is 6.09. The van der Waals surface area contributed by atoms with Gasteiger partial charge in [0.15, 0.2) is 11.5 Å². The Morgan fingerprint density at radius 1 is 0.970 bits per heavy atom. The third-order valence-corrected chi connectivity index (χ3v) is 6.06. The third kappa shape index (κ3) is 7.29. The summed E-state index contributed by atoms with van der Waals surface area (Å²) in [6, 6.07) is 10.1. The van der Waals surface area contributed by atoms with Gasteiger partial charge in [0, 0.05) is 43.8 Å². The second-order valence-corrected chi connectivity index (χ2v) is 8.60. The van der Waals surface area contributed by atoms with Crippen molar-refractivity contribution in [3.63, 3.8) is 0 Å². The van der Waals surface area contributed by atoms with Crippen LogP contribution in [0.4, 0.5) is 0 Å². The Balaban J connectivity index is 1.28. The molecule has 1 fully saturated rings. The van der Waals surface area contributed by atoms with Crippen molar-refractivity contribution in [1.82, 2.24) is 24.6 Å². The first-order valence-electron chi connectivity index (χ1n) is 12.1. The topological polar surface area (TPSA) is 65.3 Å². The zero-order chi connectivity index (χ0) is 22.7. The van der Waals surface area contributed by atoms with Crippen LogP contribution < -0.4 is 9.47 Å². The molecule has 2 aromatic heterocycles. The Bertz CT molecular complexity index is 971. The van der Waals surface area contributed by atoms with E-state index in [1.54, 1.807) is 7.11 Å². The van der Waals surface area contributed by atoms with Crippen LogP contribution in [0.15, 0.2) is 48.9 Å². The number of hydrogen-bond acceptors (Lipinski definition) is 6. The van der Waals surface area contributed by atoms with Gasteiger partial charge in [0.1, 0.15) is 5.82 Å². The molecule has 0 bridgehead atoms. The Labute approximate surface area is 196 Å². The molecule has 0 spiro atoms. The van der Waals surface area contributed by atoms with Crippen molar-refractivity contribution < 1.29 is 9.47 Å². The summed E-state index contributed by atoms with van der Waals surface area (Å²) < 4.78 is 13.6.